The molecule has 2 aliphatic rings. The van der Waals surface area contributed by atoms with E-state index in [2.05, 4.69) is 23.5 Å². The lowest BCUT2D eigenvalue weighted by atomic mass is 10.0. The van der Waals surface area contributed by atoms with Crippen LogP contribution < -0.4 is 10.1 Å². The number of esters is 1. The Bertz CT molecular complexity index is 1660. The molecule has 1 fully saturated rings. The Hall–Kier alpha value is -3.99. The minimum Gasteiger partial charge on any atom is -0.497 e. The van der Waals surface area contributed by atoms with Crippen LogP contribution >= 0.6 is 34.9 Å². The van der Waals surface area contributed by atoms with Gasteiger partial charge in [0, 0.05) is 20.4 Å². The fourth-order valence-corrected chi connectivity index (χ4v) is 8.16. The van der Waals surface area contributed by atoms with Gasteiger partial charge >= 0.3 is 5.97 Å². The van der Waals surface area contributed by atoms with Crippen LogP contribution in [-0.2, 0) is 32.1 Å². The van der Waals surface area contributed by atoms with Crippen molar-refractivity contribution in [3.05, 3.63) is 118 Å². The smallest absolute Gasteiger partial charge is 0.356 e. The van der Waals surface area contributed by atoms with E-state index < -0.39 is 17.4 Å². The molecule has 43 heavy (non-hydrogen) atoms. The summed E-state index contributed by atoms with van der Waals surface area (Å²) in [7, 11) is 1.59. The topological polar surface area (TPSA) is 84.9 Å². The summed E-state index contributed by atoms with van der Waals surface area (Å²) < 4.78 is 11.0. The maximum atomic E-state index is 13.6. The lowest BCUT2D eigenvalue weighted by Gasteiger charge is -2.49. The zero-order valence-electron chi connectivity index (χ0n) is 23.2. The van der Waals surface area contributed by atoms with Crippen molar-refractivity contribution in [1.29, 1.82) is 0 Å². The van der Waals surface area contributed by atoms with Crippen molar-refractivity contribution >= 4 is 52.6 Å². The predicted octanol–water partition coefficient (Wildman–Crippen LogP) is 6.11. The number of rotatable bonds is 10. The molecule has 0 unspecified atom stereocenters. The SMILES string of the molecule is COc1ccc(COC(=O)C2=C(Sc3cccc(-c4cccs4)c3)CS[C@@H]3[C@H](NC(=O)Cc4ccccc4)C(=O)N23)cc1. The zero-order valence-corrected chi connectivity index (χ0v) is 25.7. The number of carbonyl (C=O) groups is 3. The summed E-state index contributed by atoms with van der Waals surface area (Å²) in [5.41, 5.74) is 3.00. The summed E-state index contributed by atoms with van der Waals surface area (Å²) in [5.74, 6) is 0.0872. The van der Waals surface area contributed by atoms with Crippen LogP contribution in [0.5, 0.6) is 5.75 Å². The molecule has 6 rings (SSSR count). The van der Waals surface area contributed by atoms with Gasteiger partial charge in [-0.1, -0.05) is 72.4 Å². The van der Waals surface area contributed by atoms with E-state index in [4.69, 9.17) is 9.47 Å². The van der Waals surface area contributed by atoms with Crippen LogP contribution in [0.15, 0.2) is 112 Å². The van der Waals surface area contributed by atoms with E-state index in [1.54, 1.807) is 30.6 Å². The first kappa shape index (κ1) is 29.1. The lowest BCUT2D eigenvalue weighted by molar-refractivity contribution is -0.153. The maximum absolute atomic E-state index is 13.6. The number of thiophene rings is 1. The molecule has 218 valence electrons. The first-order valence-corrected chi connectivity index (χ1v) is 16.4. The Morgan fingerprint density at radius 2 is 1.79 bits per heavy atom. The number of hydrogen-bond donors (Lipinski definition) is 1. The van der Waals surface area contributed by atoms with E-state index in [9.17, 15) is 14.4 Å². The highest BCUT2D eigenvalue weighted by Gasteiger charge is 2.54. The summed E-state index contributed by atoms with van der Waals surface area (Å²) in [6, 6.07) is 28.2. The molecule has 3 heterocycles. The molecule has 2 aliphatic heterocycles. The van der Waals surface area contributed by atoms with Crippen molar-refractivity contribution in [2.45, 2.75) is 29.3 Å². The molecule has 10 heteroatoms. The lowest BCUT2D eigenvalue weighted by Crippen LogP contribution is -2.70. The standard InChI is InChI=1S/C33H28N2O5S3/c1-39-24-14-12-22(13-15-24)19-40-33(38)30-27(43-25-10-5-9-23(18-25)26-11-6-16-41-26)20-42-32-29(31(37)35(30)32)34-28(36)17-21-7-3-2-4-8-21/h2-16,18,29,32H,17,19-20H2,1H3,(H,34,36)/t29-,32-/m1/s1. The monoisotopic (exact) mass is 628 g/mol. The number of ether oxygens (including phenoxy) is 2. The molecule has 2 amide bonds. The highest BCUT2D eigenvalue weighted by molar-refractivity contribution is 8.06. The molecule has 0 bridgehead atoms. The third kappa shape index (κ3) is 6.51. The van der Waals surface area contributed by atoms with Crippen LogP contribution in [-0.4, -0.2) is 47.0 Å². The quantitative estimate of drug-likeness (QED) is 0.168. The van der Waals surface area contributed by atoms with Crippen molar-refractivity contribution in [1.82, 2.24) is 10.2 Å². The number of thioether (sulfide) groups is 2. The third-order valence-corrected chi connectivity index (χ3v) is 10.5. The number of β-lactam (4-membered cyclic amide) rings is 1. The Morgan fingerprint density at radius 1 is 0.977 bits per heavy atom. The first-order chi connectivity index (χ1) is 21.0. The molecule has 1 aromatic heterocycles. The van der Waals surface area contributed by atoms with Gasteiger partial charge in [0.1, 0.15) is 29.5 Å². The molecular formula is C33H28N2O5S3. The molecule has 0 radical (unpaired) electrons. The number of hydrogen-bond acceptors (Lipinski definition) is 8. The van der Waals surface area contributed by atoms with E-state index in [1.807, 2.05) is 66.0 Å². The van der Waals surface area contributed by atoms with Crippen molar-refractivity contribution in [2.24, 2.45) is 0 Å². The maximum Gasteiger partial charge on any atom is 0.356 e. The van der Waals surface area contributed by atoms with Gasteiger partial charge in [-0.15, -0.1) is 23.1 Å². The van der Waals surface area contributed by atoms with E-state index >= 15 is 0 Å². The fourth-order valence-electron chi connectivity index (χ4n) is 4.90. The van der Waals surface area contributed by atoms with Gasteiger partial charge in [-0.2, -0.15) is 0 Å². The number of nitrogens with zero attached hydrogens (tertiary/aromatic N) is 1. The van der Waals surface area contributed by atoms with Gasteiger partial charge in [0.25, 0.3) is 5.91 Å². The van der Waals surface area contributed by atoms with Gasteiger partial charge < -0.3 is 14.8 Å². The molecular weight excluding hydrogens is 601 g/mol. The molecule has 4 aromatic rings. The van der Waals surface area contributed by atoms with Crippen molar-refractivity contribution in [2.75, 3.05) is 12.9 Å². The molecule has 2 atom stereocenters. The normalized spacial score (nSPS) is 17.6. The van der Waals surface area contributed by atoms with Crippen LogP contribution in [0.1, 0.15) is 11.1 Å². The second-order valence-electron chi connectivity index (χ2n) is 9.92. The molecule has 3 aromatic carbocycles. The zero-order chi connectivity index (χ0) is 29.8. The average Bonchev–Trinajstić information content (AvgIpc) is 3.59. The van der Waals surface area contributed by atoms with Crippen LogP contribution in [0, 0.1) is 0 Å². The average molecular weight is 629 g/mol. The van der Waals surface area contributed by atoms with Crippen LogP contribution in [0.3, 0.4) is 0 Å². The minimum absolute atomic E-state index is 0.0508. The van der Waals surface area contributed by atoms with Gasteiger partial charge in [0.05, 0.1) is 13.5 Å². The van der Waals surface area contributed by atoms with E-state index in [0.29, 0.717) is 11.5 Å². The Kier molecular flexibility index (Phi) is 8.87. The second kappa shape index (κ2) is 13.1. The van der Waals surface area contributed by atoms with Gasteiger partial charge in [-0.25, -0.2) is 4.79 Å². The van der Waals surface area contributed by atoms with Gasteiger partial charge in [-0.3, -0.25) is 14.5 Å². The highest BCUT2D eigenvalue weighted by atomic mass is 32.2. The summed E-state index contributed by atoms with van der Waals surface area (Å²) in [6.07, 6.45) is 0.177. The number of nitrogens with one attached hydrogen (secondary N) is 1. The number of carbonyl (C=O) groups excluding carboxylic acids is 3. The highest BCUT2D eigenvalue weighted by Crippen LogP contribution is 2.46. The number of amides is 2. The minimum atomic E-state index is -0.709. The third-order valence-electron chi connectivity index (χ3n) is 7.06. The molecule has 0 aliphatic carbocycles. The van der Waals surface area contributed by atoms with Crippen molar-refractivity contribution in [3.8, 4) is 16.2 Å². The molecule has 1 N–H and O–H groups in total. The van der Waals surface area contributed by atoms with Crippen LogP contribution in [0.2, 0.25) is 0 Å². The summed E-state index contributed by atoms with van der Waals surface area (Å²) in [4.78, 5) is 44.3. The Labute approximate surface area is 262 Å². The second-order valence-corrected chi connectivity index (χ2v) is 13.1. The van der Waals surface area contributed by atoms with E-state index in [1.165, 1.54) is 28.4 Å². The van der Waals surface area contributed by atoms with E-state index in [0.717, 1.165) is 31.4 Å². The summed E-state index contributed by atoms with van der Waals surface area (Å²) in [5, 5.41) is 4.53. The van der Waals surface area contributed by atoms with Gasteiger partial charge in [0.15, 0.2) is 0 Å². The van der Waals surface area contributed by atoms with Crippen LogP contribution in [0.25, 0.3) is 10.4 Å². The predicted molar refractivity (Wildman–Crippen MR) is 171 cm³/mol. The number of fused-ring (bicyclic) bond motifs is 1. The molecule has 1 saturated heterocycles. The Balaban J connectivity index is 1.23. The largest absolute Gasteiger partial charge is 0.497 e. The first-order valence-electron chi connectivity index (χ1n) is 13.6. The Morgan fingerprint density at radius 3 is 2.53 bits per heavy atom. The van der Waals surface area contributed by atoms with Gasteiger partial charge in [-0.05, 0) is 52.4 Å². The van der Waals surface area contributed by atoms with Crippen molar-refractivity contribution < 1.29 is 23.9 Å². The van der Waals surface area contributed by atoms with Crippen LogP contribution in [0.4, 0.5) is 0 Å². The molecule has 7 nitrogen and oxygen atoms in total. The number of benzene rings is 3. The summed E-state index contributed by atoms with van der Waals surface area (Å²) in [6.45, 7) is 0.0508. The molecule has 0 saturated carbocycles. The van der Waals surface area contributed by atoms with E-state index in [-0.39, 0.29) is 30.5 Å². The fraction of sp³-hybridized carbons (Fsp3) is 0.182. The summed E-state index contributed by atoms with van der Waals surface area (Å²) >= 11 is 4.66. The van der Waals surface area contributed by atoms with Crippen molar-refractivity contribution in [3.63, 3.8) is 0 Å². The molecule has 0 spiro atoms. The number of methoxy groups -OCH3 is 1. The van der Waals surface area contributed by atoms with Gasteiger partial charge in [0.2, 0.25) is 5.91 Å².